The van der Waals surface area contributed by atoms with Gasteiger partial charge in [0.05, 0.1) is 6.61 Å². The number of benzene rings is 3. The van der Waals surface area contributed by atoms with Gasteiger partial charge in [-0.3, -0.25) is 9.78 Å². The number of nitrogens with zero attached hydrogens (tertiary/aromatic N) is 2. The topological polar surface area (TPSA) is 174 Å². The van der Waals surface area contributed by atoms with E-state index in [9.17, 15) is 14.7 Å². The van der Waals surface area contributed by atoms with Crippen LogP contribution in [0.2, 0.25) is 0 Å². The fraction of sp³-hybridized carbons (Fsp3) is 0.281. The molecule has 9 rings (SSSR count). The monoisotopic (exact) mass is 609 g/mol. The maximum Gasteiger partial charge on any atom is 0.417 e. The number of nitrogens with one attached hydrogen (secondary N) is 2. The fourth-order valence-electron chi connectivity index (χ4n) is 7.17. The van der Waals surface area contributed by atoms with Crippen LogP contribution in [0, 0.1) is 0 Å². The van der Waals surface area contributed by atoms with E-state index in [0.29, 0.717) is 0 Å². The molecule has 13 heteroatoms. The third-order valence-electron chi connectivity index (χ3n) is 9.18. The number of epoxide rings is 1. The van der Waals surface area contributed by atoms with Crippen molar-refractivity contribution >= 4 is 23.5 Å². The minimum absolute atomic E-state index is 0.0310. The molecule has 6 atom stereocenters. The van der Waals surface area contributed by atoms with Crippen LogP contribution >= 0.6 is 0 Å². The van der Waals surface area contributed by atoms with Crippen LogP contribution in [0.1, 0.15) is 28.9 Å². The number of ether oxygens (including phenoxy) is 5. The Morgan fingerprint density at radius 1 is 1.02 bits per heavy atom. The zero-order chi connectivity index (χ0) is 30.5. The first-order chi connectivity index (χ1) is 21.9. The van der Waals surface area contributed by atoms with Gasteiger partial charge in [0, 0.05) is 11.5 Å². The number of nitrogens with two attached hydrogens (primary N) is 1. The first kappa shape index (κ1) is 26.6. The third-order valence-corrected chi connectivity index (χ3v) is 9.18. The number of aliphatic hydroxyl groups is 1. The first-order valence-electron chi connectivity index (χ1n) is 14.6. The summed E-state index contributed by atoms with van der Waals surface area (Å²) in [5, 5.41) is 15.1. The number of aromatic amines is 1. The van der Waals surface area contributed by atoms with Crippen molar-refractivity contribution in [3.05, 3.63) is 106 Å². The molecule has 0 bridgehead atoms. The number of nitrogen functional groups attached to an aromatic ring is 1. The van der Waals surface area contributed by atoms with Gasteiger partial charge in [-0.2, -0.15) is 4.98 Å². The number of carbonyl (C=O) groups is 1. The van der Waals surface area contributed by atoms with Crippen LogP contribution in [0.3, 0.4) is 0 Å². The molecule has 0 radical (unpaired) electrons. The molecular formula is C32H27N5O8. The molecule has 1 spiro atoms. The smallest absolute Gasteiger partial charge is 0.417 e. The Morgan fingerprint density at radius 3 is 2.44 bits per heavy atom. The number of hydrogen-bond donors (Lipinski definition) is 4. The molecule has 4 aromatic rings. The SMILES string of the molecule is Nc1nc2c(c(=O)[nH]1)N(C(=O)OCC1c3ccccc3-c3ccccc31)[C@@]13OC1(O)[C@H]1OC(c4ccccc4)OC[C@H]1O[C@H]3N2. The number of amides is 1. The Hall–Kier alpha value is -4.79. The standard InChI is InChI=1S/C32H27N5O8/c33-29-35-25-23(26(38)36-29)37(30(39)42-14-21-19-12-6-4-10-17(19)18-11-5-7-13-20(18)21)31-28(34-25)43-22-15-41-27(16-8-2-1-3-9-16)44-24(22)32(31,40)45-31/h1-13,21-22,24,27-28,40H,14-15H2,(H4,33,34,35,36,38)/t22-,24+,27?,28-,31+,32?/m1/s1. The summed E-state index contributed by atoms with van der Waals surface area (Å²) in [6.45, 7) is 0.0197. The molecule has 0 saturated carbocycles. The summed E-state index contributed by atoms with van der Waals surface area (Å²) in [6.07, 6.45) is -4.80. The molecule has 2 unspecified atom stereocenters. The van der Waals surface area contributed by atoms with Crippen molar-refractivity contribution in [2.75, 3.05) is 29.2 Å². The van der Waals surface area contributed by atoms with Crippen LogP contribution in [0.15, 0.2) is 83.7 Å². The van der Waals surface area contributed by atoms with Gasteiger partial charge < -0.3 is 39.8 Å². The molecule has 3 aromatic carbocycles. The Balaban J connectivity index is 1.08. The van der Waals surface area contributed by atoms with Gasteiger partial charge in [0.15, 0.2) is 24.0 Å². The van der Waals surface area contributed by atoms with E-state index in [1.165, 1.54) is 0 Å². The predicted octanol–water partition coefficient (Wildman–Crippen LogP) is 2.79. The van der Waals surface area contributed by atoms with Crippen molar-refractivity contribution in [1.29, 1.82) is 0 Å². The molecular weight excluding hydrogens is 582 g/mol. The predicted molar refractivity (Wildman–Crippen MR) is 158 cm³/mol. The second-order valence-electron chi connectivity index (χ2n) is 11.6. The number of anilines is 3. The Morgan fingerprint density at radius 2 is 1.71 bits per heavy atom. The Kier molecular flexibility index (Phi) is 5.53. The van der Waals surface area contributed by atoms with Crippen LogP contribution in [0.25, 0.3) is 11.1 Å². The van der Waals surface area contributed by atoms with Crippen molar-refractivity contribution in [3.8, 4) is 11.1 Å². The second kappa shape index (κ2) is 9.36. The highest BCUT2D eigenvalue weighted by Crippen LogP contribution is 2.63. The van der Waals surface area contributed by atoms with Crippen molar-refractivity contribution in [1.82, 2.24) is 9.97 Å². The number of H-pyrrole nitrogens is 1. The maximum atomic E-state index is 14.2. The summed E-state index contributed by atoms with van der Waals surface area (Å²) in [6, 6.07) is 25.1. The highest BCUT2D eigenvalue weighted by Gasteiger charge is 2.88. The largest absolute Gasteiger partial charge is 0.448 e. The van der Waals surface area contributed by atoms with Crippen LogP contribution < -0.4 is 21.5 Å². The fourth-order valence-corrected chi connectivity index (χ4v) is 7.17. The number of hydrogen-bond acceptors (Lipinski definition) is 11. The lowest BCUT2D eigenvalue weighted by atomic mass is 9.92. The minimum Gasteiger partial charge on any atom is -0.448 e. The molecule has 4 aliphatic heterocycles. The molecule has 13 nitrogen and oxygen atoms in total. The average molecular weight is 610 g/mol. The molecule has 1 amide bonds. The molecule has 45 heavy (non-hydrogen) atoms. The van der Waals surface area contributed by atoms with Crippen molar-refractivity contribution in [2.45, 2.75) is 42.2 Å². The number of rotatable bonds is 3. The van der Waals surface area contributed by atoms with Gasteiger partial charge in [0.1, 0.15) is 18.8 Å². The van der Waals surface area contributed by atoms with E-state index in [1.807, 2.05) is 78.9 Å². The lowest BCUT2D eigenvalue weighted by Crippen LogP contribution is -2.71. The highest BCUT2D eigenvalue weighted by molar-refractivity contribution is 5.95. The average Bonchev–Trinajstić information content (AvgIpc) is 3.58. The van der Waals surface area contributed by atoms with Gasteiger partial charge in [-0.15, -0.1) is 0 Å². The zero-order valence-electron chi connectivity index (χ0n) is 23.6. The summed E-state index contributed by atoms with van der Waals surface area (Å²) in [5.41, 5.74) is 7.84. The van der Waals surface area contributed by atoms with Gasteiger partial charge in [-0.05, 0) is 22.3 Å². The normalized spacial score (nSPS) is 30.5. The van der Waals surface area contributed by atoms with Gasteiger partial charge in [-0.25, -0.2) is 9.69 Å². The van der Waals surface area contributed by atoms with E-state index in [4.69, 9.17) is 29.4 Å². The summed E-state index contributed by atoms with van der Waals surface area (Å²) < 4.78 is 30.5. The highest BCUT2D eigenvalue weighted by atomic mass is 16.8. The first-order valence-corrected chi connectivity index (χ1v) is 14.6. The quantitative estimate of drug-likeness (QED) is 0.252. The van der Waals surface area contributed by atoms with E-state index in [-0.39, 0.29) is 36.6 Å². The molecule has 1 aliphatic carbocycles. The summed E-state index contributed by atoms with van der Waals surface area (Å²) >= 11 is 0. The summed E-state index contributed by atoms with van der Waals surface area (Å²) in [7, 11) is 0. The number of carbonyl (C=O) groups excluding carboxylic acids is 1. The summed E-state index contributed by atoms with van der Waals surface area (Å²) in [4.78, 5) is 35.2. The number of fused-ring (bicyclic) bond motifs is 6. The van der Waals surface area contributed by atoms with Crippen molar-refractivity contribution in [2.24, 2.45) is 0 Å². The lowest BCUT2D eigenvalue weighted by molar-refractivity contribution is -0.317. The Labute approximate surface area is 255 Å². The molecule has 228 valence electrons. The van der Waals surface area contributed by atoms with Crippen LogP contribution in [0.5, 0.6) is 0 Å². The van der Waals surface area contributed by atoms with Gasteiger partial charge in [0.2, 0.25) is 5.95 Å². The molecule has 3 fully saturated rings. The molecule has 3 saturated heterocycles. The molecule has 1 aromatic heterocycles. The Bertz CT molecular complexity index is 1880. The zero-order valence-corrected chi connectivity index (χ0v) is 23.6. The third kappa shape index (κ3) is 3.63. The number of aromatic nitrogens is 2. The van der Waals surface area contributed by atoms with Crippen LogP contribution in [0.4, 0.5) is 22.2 Å². The van der Waals surface area contributed by atoms with E-state index in [1.54, 1.807) is 0 Å². The maximum absolute atomic E-state index is 14.2. The van der Waals surface area contributed by atoms with Crippen molar-refractivity contribution < 1.29 is 33.6 Å². The van der Waals surface area contributed by atoms with E-state index in [0.717, 1.165) is 32.7 Å². The van der Waals surface area contributed by atoms with Crippen LogP contribution in [-0.2, 0) is 23.7 Å². The molecule has 5 aliphatic rings. The minimum atomic E-state index is -2.10. The van der Waals surface area contributed by atoms with E-state index in [2.05, 4.69) is 15.3 Å². The van der Waals surface area contributed by atoms with Gasteiger partial charge >= 0.3 is 6.09 Å². The van der Waals surface area contributed by atoms with E-state index >= 15 is 0 Å². The second-order valence-corrected chi connectivity index (χ2v) is 11.6. The van der Waals surface area contributed by atoms with E-state index < -0.39 is 47.9 Å². The van der Waals surface area contributed by atoms with Gasteiger partial charge in [0.25, 0.3) is 17.1 Å². The molecule has 5 N–H and O–H groups in total. The molecule has 5 heterocycles. The van der Waals surface area contributed by atoms with Gasteiger partial charge in [-0.1, -0.05) is 78.9 Å². The summed E-state index contributed by atoms with van der Waals surface area (Å²) in [5.74, 6) is -2.56. The lowest BCUT2D eigenvalue weighted by Gasteiger charge is -2.48. The van der Waals surface area contributed by atoms with Crippen molar-refractivity contribution in [3.63, 3.8) is 0 Å². The van der Waals surface area contributed by atoms with Crippen LogP contribution in [-0.4, -0.2) is 64.3 Å².